The molecule has 1 rings (SSSR count). The second-order valence-electron chi connectivity index (χ2n) is 4.93. The first kappa shape index (κ1) is 16.4. The molecule has 0 radical (unpaired) electrons. The Bertz CT molecular complexity index is 441. The SMILES string of the molecule is CCOC(=O)CCC(C)(CC(=O)c1ccccc1)OC. The Morgan fingerprint density at radius 3 is 2.40 bits per heavy atom. The van der Waals surface area contributed by atoms with Gasteiger partial charge in [0.2, 0.25) is 0 Å². The summed E-state index contributed by atoms with van der Waals surface area (Å²) in [6.07, 6.45) is 0.952. The Balaban J connectivity index is 2.60. The van der Waals surface area contributed by atoms with E-state index in [0.717, 1.165) is 0 Å². The zero-order valence-corrected chi connectivity index (χ0v) is 12.3. The van der Waals surface area contributed by atoms with Crippen molar-refractivity contribution in [2.75, 3.05) is 13.7 Å². The van der Waals surface area contributed by atoms with Crippen LogP contribution in [0.5, 0.6) is 0 Å². The maximum absolute atomic E-state index is 12.2. The van der Waals surface area contributed by atoms with Crippen LogP contribution in [0, 0.1) is 0 Å². The fourth-order valence-electron chi connectivity index (χ4n) is 1.93. The van der Waals surface area contributed by atoms with Gasteiger partial charge in [0.25, 0.3) is 0 Å². The molecule has 0 N–H and O–H groups in total. The molecule has 0 aliphatic carbocycles. The van der Waals surface area contributed by atoms with Gasteiger partial charge in [0.1, 0.15) is 0 Å². The van der Waals surface area contributed by atoms with E-state index in [-0.39, 0.29) is 24.6 Å². The van der Waals surface area contributed by atoms with E-state index in [0.29, 0.717) is 18.6 Å². The lowest BCUT2D eigenvalue weighted by molar-refractivity contribution is -0.144. The minimum Gasteiger partial charge on any atom is -0.466 e. The van der Waals surface area contributed by atoms with Gasteiger partial charge in [-0.05, 0) is 20.3 Å². The van der Waals surface area contributed by atoms with Crippen LogP contribution in [-0.2, 0) is 14.3 Å². The summed E-state index contributed by atoms with van der Waals surface area (Å²) in [6, 6.07) is 9.09. The standard InChI is InChI=1S/C16H22O4/c1-4-20-15(18)10-11-16(2,19-3)12-14(17)13-8-6-5-7-9-13/h5-9H,4,10-12H2,1-3H3. The maximum atomic E-state index is 12.2. The van der Waals surface area contributed by atoms with Crippen LogP contribution in [0.25, 0.3) is 0 Å². The molecule has 1 atom stereocenters. The molecule has 0 saturated carbocycles. The molecule has 1 unspecified atom stereocenters. The molecule has 4 nitrogen and oxygen atoms in total. The number of ketones is 1. The van der Waals surface area contributed by atoms with Gasteiger partial charge in [0.05, 0.1) is 12.2 Å². The lowest BCUT2D eigenvalue weighted by atomic mass is 9.91. The van der Waals surface area contributed by atoms with Gasteiger partial charge >= 0.3 is 5.97 Å². The fraction of sp³-hybridized carbons (Fsp3) is 0.500. The molecular weight excluding hydrogens is 256 g/mol. The Morgan fingerprint density at radius 1 is 1.20 bits per heavy atom. The summed E-state index contributed by atoms with van der Waals surface area (Å²) in [4.78, 5) is 23.6. The van der Waals surface area contributed by atoms with E-state index in [1.54, 1.807) is 26.2 Å². The van der Waals surface area contributed by atoms with Crippen molar-refractivity contribution < 1.29 is 19.1 Å². The van der Waals surface area contributed by atoms with Crippen LogP contribution < -0.4 is 0 Å². The van der Waals surface area contributed by atoms with Crippen LogP contribution in [0.1, 0.15) is 43.5 Å². The third kappa shape index (κ3) is 5.13. The normalized spacial score (nSPS) is 13.6. The van der Waals surface area contributed by atoms with Gasteiger partial charge in [-0.3, -0.25) is 9.59 Å². The molecule has 0 heterocycles. The minimum absolute atomic E-state index is 0.0128. The Kier molecular flexibility index (Phi) is 6.39. The van der Waals surface area contributed by atoms with Crippen molar-refractivity contribution in [1.29, 1.82) is 0 Å². The van der Waals surface area contributed by atoms with E-state index in [4.69, 9.17) is 9.47 Å². The van der Waals surface area contributed by atoms with E-state index < -0.39 is 5.60 Å². The van der Waals surface area contributed by atoms with Crippen molar-refractivity contribution in [3.05, 3.63) is 35.9 Å². The summed E-state index contributed by atoms with van der Waals surface area (Å²) in [7, 11) is 1.56. The Labute approximate surface area is 120 Å². The molecule has 110 valence electrons. The Morgan fingerprint density at radius 2 is 1.85 bits per heavy atom. The number of carbonyl (C=O) groups excluding carboxylic acids is 2. The number of ether oxygens (including phenoxy) is 2. The van der Waals surface area contributed by atoms with E-state index >= 15 is 0 Å². The molecule has 1 aromatic rings. The molecule has 4 heteroatoms. The maximum Gasteiger partial charge on any atom is 0.305 e. The summed E-state index contributed by atoms with van der Waals surface area (Å²) in [5.74, 6) is -0.248. The molecule has 0 aromatic heterocycles. The molecule has 0 aliphatic heterocycles. The molecule has 1 aromatic carbocycles. The molecule has 0 fully saturated rings. The number of esters is 1. The van der Waals surface area contributed by atoms with E-state index in [9.17, 15) is 9.59 Å². The van der Waals surface area contributed by atoms with Gasteiger partial charge in [0, 0.05) is 25.5 Å². The van der Waals surface area contributed by atoms with Gasteiger partial charge in [0.15, 0.2) is 5.78 Å². The highest BCUT2D eigenvalue weighted by Gasteiger charge is 2.28. The van der Waals surface area contributed by atoms with Crippen molar-refractivity contribution in [1.82, 2.24) is 0 Å². The third-order valence-corrected chi connectivity index (χ3v) is 3.29. The predicted octanol–water partition coefficient (Wildman–Crippen LogP) is 3.01. The molecule has 0 saturated heterocycles. The highest BCUT2D eigenvalue weighted by molar-refractivity contribution is 5.96. The number of methoxy groups -OCH3 is 1. The highest BCUT2D eigenvalue weighted by atomic mass is 16.5. The van der Waals surface area contributed by atoms with Crippen LogP contribution >= 0.6 is 0 Å². The third-order valence-electron chi connectivity index (χ3n) is 3.29. The Hall–Kier alpha value is -1.68. The number of hydrogen-bond acceptors (Lipinski definition) is 4. The smallest absolute Gasteiger partial charge is 0.305 e. The van der Waals surface area contributed by atoms with Gasteiger partial charge in [-0.25, -0.2) is 0 Å². The lowest BCUT2D eigenvalue weighted by Crippen LogP contribution is -2.31. The number of carbonyl (C=O) groups is 2. The quantitative estimate of drug-likeness (QED) is 0.542. The molecule has 20 heavy (non-hydrogen) atoms. The number of rotatable bonds is 8. The number of benzene rings is 1. The second-order valence-corrected chi connectivity index (χ2v) is 4.93. The van der Waals surface area contributed by atoms with Gasteiger partial charge in [-0.1, -0.05) is 30.3 Å². The van der Waals surface area contributed by atoms with Crippen LogP contribution in [0.2, 0.25) is 0 Å². The first-order chi connectivity index (χ1) is 9.50. The highest BCUT2D eigenvalue weighted by Crippen LogP contribution is 2.23. The van der Waals surface area contributed by atoms with Gasteiger partial charge in [-0.15, -0.1) is 0 Å². The van der Waals surface area contributed by atoms with Crippen LogP contribution in [0.15, 0.2) is 30.3 Å². The van der Waals surface area contributed by atoms with E-state index in [1.807, 2.05) is 25.1 Å². The predicted molar refractivity (Wildman–Crippen MR) is 76.7 cm³/mol. The van der Waals surface area contributed by atoms with E-state index in [1.165, 1.54) is 0 Å². The zero-order valence-electron chi connectivity index (χ0n) is 12.3. The average Bonchev–Trinajstić information content (AvgIpc) is 2.46. The second kappa shape index (κ2) is 7.80. The summed E-state index contributed by atoms with van der Waals surface area (Å²) < 4.78 is 10.3. The molecule has 0 aliphatic rings. The summed E-state index contributed by atoms with van der Waals surface area (Å²) in [5.41, 5.74) is 0.00609. The molecule has 0 amide bonds. The van der Waals surface area contributed by atoms with Crippen molar-refractivity contribution >= 4 is 11.8 Å². The van der Waals surface area contributed by atoms with Crippen molar-refractivity contribution in [2.45, 2.75) is 38.7 Å². The summed E-state index contributed by atoms with van der Waals surface area (Å²) in [6.45, 7) is 3.98. The number of hydrogen-bond donors (Lipinski definition) is 0. The fourth-order valence-corrected chi connectivity index (χ4v) is 1.93. The monoisotopic (exact) mass is 278 g/mol. The first-order valence-corrected chi connectivity index (χ1v) is 6.80. The first-order valence-electron chi connectivity index (χ1n) is 6.80. The van der Waals surface area contributed by atoms with Crippen molar-refractivity contribution in [3.8, 4) is 0 Å². The van der Waals surface area contributed by atoms with Crippen LogP contribution in [-0.4, -0.2) is 31.1 Å². The topological polar surface area (TPSA) is 52.6 Å². The van der Waals surface area contributed by atoms with E-state index in [2.05, 4.69) is 0 Å². The molecule has 0 bridgehead atoms. The summed E-state index contributed by atoms with van der Waals surface area (Å²) in [5, 5.41) is 0. The minimum atomic E-state index is -0.653. The molecule has 0 spiro atoms. The molecular formula is C16H22O4. The van der Waals surface area contributed by atoms with Gasteiger partial charge < -0.3 is 9.47 Å². The summed E-state index contributed by atoms with van der Waals surface area (Å²) >= 11 is 0. The van der Waals surface area contributed by atoms with Crippen molar-refractivity contribution in [2.24, 2.45) is 0 Å². The van der Waals surface area contributed by atoms with Crippen molar-refractivity contribution in [3.63, 3.8) is 0 Å². The zero-order chi connectivity index (χ0) is 15.0. The van der Waals surface area contributed by atoms with Crippen LogP contribution in [0.3, 0.4) is 0 Å². The number of Topliss-reactive ketones (excluding diaryl/α,β-unsaturated/α-hetero) is 1. The van der Waals surface area contributed by atoms with Gasteiger partial charge in [-0.2, -0.15) is 0 Å². The largest absolute Gasteiger partial charge is 0.466 e. The van der Waals surface area contributed by atoms with Crippen LogP contribution in [0.4, 0.5) is 0 Å². The average molecular weight is 278 g/mol. The lowest BCUT2D eigenvalue weighted by Gasteiger charge is -2.27.